The third-order valence-corrected chi connectivity index (χ3v) is 2.34. The van der Waals surface area contributed by atoms with Crippen LogP contribution in [0.15, 0.2) is 12.2 Å². The minimum Gasteiger partial charge on any atom is -0.467 e. The van der Waals surface area contributed by atoms with E-state index in [1.807, 2.05) is 0 Å². The fourth-order valence-corrected chi connectivity index (χ4v) is 1.57. The Morgan fingerprint density at radius 2 is 1.94 bits per heavy atom. The molecule has 2 amide bonds. The summed E-state index contributed by atoms with van der Waals surface area (Å²) < 4.78 is 9.64. The van der Waals surface area contributed by atoms with Gasteiger partial charge in [0.15, 0.2) is 0 Å². The largest absolute Gasteiger partial charge is 0.467 e. The van der Waals surface area contributed by atoms with Crippen LogP contribution in [-0.4, -0.2) is 41.6 Å². The Morgan fingerprint density at radius 1 is 1.39 bits per heavy atom. The molecule has 0 spiro atoms. The SMILES string of the molecule is C=C1C[C@@H](C(=O)OC)N(C(=O)OC(C)(C)C)C1=O. The summed E-state index contributed by atoms with van der Waals surface area (Å²) in [5, 5.41) is 0. The molecule has 0 aromatic carbocycles. The first kappa shape index (κ1) is 14.2. The van der Waals surface area contributed by atoms with Gasteiger partial charge in [-0.05, 0) is 20.8 Å². The quantitative estimate of drug-likeness (QED) is 0.521. The van der Waals surface area contributed by atoms with Crippen LogP contribution in [0.2, 0.25) is 0 Å². The van der Waals surface area contributed by atoms with Crippen LogP contribution in [0.3, 0.4) is 0 Å². The number of methoxy groups -OCH3 is 1. The second-order valence-electron chi connectivity index (χ2n) is 5.00. The van der Waals surface area contributed by atoms with E-state index < -0.39 is 29.6 Å². The van der Waals surface area contributed by atoms with Crippen LogP contribution in [0.5, 0.6) is 0 Å². The fraction of sp³-hybridized carbons (Fsp3) is 0.583. The van der Waals surface area contributed by atoms with Crippen molar-refractivity contribution in [3.63, 3.8) is 0 Å². The van der Waals surface area contributed by atoms with E-state index in [1.54, 1.807) is 20.8 Å². The molecule has 1 saturated heterocycles. The molecular weight excluding hydrogens is 238 g/mol. The predicted octanol–water partition coefficient (Wildman–Crippen LogP) is 1.25. The van der Waals surface area contributed by atoms with Gasteiger partial charge in [0.1, 0.15) is 11.6 Å². The molecule has 0 unspecified atom stereocenters. The van der Waals surface area contributed by atoms with Gasteiger partial charge < -0.3 is 9.47 Å². The number of rotatable bonds is 1. The van der Waals surface area contributed by atoms with Crippen molar-refractivity contribution in [1.82, 2.24) is 4.90 Å². The lowest BCUT2D eigenvalue weighted by molar-refractivity contribution is -0.148. The van der Waals surface area contributed by atoms with Gasteiger partial charge in [0.25, 0.3) is 5.91 Å². The number of nitrogens with zero attached hydrogens (tertiary/aromatic N) is 1. The molecule has 6 heteroatoms. The molecule has 0 aromatic heterocycles. The Balaban J connectivity index is 2.95. The Morgan fingerprint density at radius 3 is 2.39 bits per heavy atom. The monoisotopic (exact) mass is 255 g/mol. The Kier molecular flexibility index (Phi) is 3.79. The van der Waals surface area contributed by atoms with Gasteiger partial charge in [-0.2, -0.15) is 0 Å². The molecule has 1 rings (SSSR count). The third-order valence-electron chi connectivity index (χ3n) is 2.34. The number of carbonyl (C=O) groups is 3. The third kappa shape index (κ3) is 2.88. The second kappa shape index (κ2) is 4.80. The Labute approximate surface area is 106 Å². The minimum absolute atomic E-state index is 0.0742. The number of hydrogen-bond acceptors (Lipinski definition) is 5. The number of likely N-dealkylation sites (tertiary alicyclic amines) is 1. The second-order valence-corrected chi connectivity index (χ2v) is 5.00. The van der Waals surface area contributed by atoms with Crippen molar-refractivity contribution in [1.29, 1.82) is 0 Å². The van der Waals surface area contributed by atoms with Crippen molar-refractivity contribution in [2.45, 2.75) is 38.8 Å². The summed E-state index contributed by atoms with van der Waals surface area (Å²) in [5.41, 5.74) is -0.557. The lowest BCUT2D eigenvalue weighted by Crippen LogP contribution is -2.45. The standard InChI is InChI=1S/C12H17NO5/c1-7-6-8(10(15)17-5)13(9(7)14)11(16)18-12(2,3)4/h8H,1,6H2,2-5H3/t8-/m0/s1. The van der Waals surface area contributed by atoms with Crippen LogP contribution < -0.4 is 0 Å². The molecule has 6 nitrogen and oxygen atoms in total. The molecule has 18 heavy (non-hydrogen) atoms. The van der Waals surface area contributed by atoms with Gasteiger partial charge in [0, 0.05) is 12.0 Å². The predicted molar refractivity (Wildman–Crippen MR) is 62.6 cm³/mol. The van der Waals surface area contributed by atoms with Crippen LogP contribution in [0.4, 0.5) is 4.79 Å². The van der Waals surface area contributed by atoms with E-state index in [1.165, 1.54) is 7.11 Å². The molecule has 0 N–H and O–H groups in total. The molecule has 0 aromatic rings. The van der Waals surface area contributed by atoms with Crippen molar-refractivity contribution in [3.8, 4) is 0 Å². The van der Waals surface area contributed by atoms with E-state index in [0.29, 0.717) is 0 Å². The van der Waals surface area contributed by atoms with Crippen molar-refractivity contribution >= 4 is 18.0 Å². The normalized spacial score (nSPS) is 20.0. The first-order valence-corrected chi connectivity index (χ1v) is 5.49. The van der Waals surface area contributed by atoms with E-state index >= 15 is 0 Å². The van der Waals surface area contributed by atoms with Gasteiger partial charge in [-0.25, -0.2) is 14.5 Å². The summed E-state index contributed by atoms with van der Waals surface area (Å²) in [5.74, 6) is -1.26. The van der Waals surface area contributed by atoms with Gasteiger partial charge in [0.05, 0.1) is 7.11 Å². The molecule has 100 valence electrons. The van der Waals surface area contributed by atoms with Gasteiger partial charge in [-0.15, -0.1) is 0 Å². The number of hydrogen-bond donors (Lipinski definition) is 0. The smallest absolute Gasteiger partial charge is 0.418 e. The molecule has 0 radical (unpaired) electrons. The Bertz CT molecular complexity index is 407. The maximum atomic E-state index is 11.9. The molecule has 1 fully saturated rings. The van der Waals surface area contributed by atoms with Crippen molar-refractivity contribution in [2.75, 3.05) is 7.11 Å². The van der Waals surface area contributed by atoms with E-state index in [4.69, 9.17) is 4.74 Å². The highest BCUT2D eigenvalue weighted by Gasteiger charge is 2.45. The molecule has 1 atom stereocenters. The maximum absolute atomic E-state index is 11.9. The van der Waals surface area contributed by atoms with Crippen molar-refractivity contribution in [3.05, 3.63) is 12.2 Å². The minimum atomic E-state index is -0.982. The molecule has 0 saturated carbocycles. The van der Waals surface area contributed by atoms with Crippen LogP contribution in [0, 0.1) is 0 Å². The van der Waals surface area contributed by atoms with E-state index in [9.17, 15) is 14.4 Å². The summed E-state index contributed by atoms with van der Waals surface area (Å²) in [6.45, 7) is 8.55. The maximum Gasteiger partial charge on any atom is 0.418 e. The van der Waals surface area contributed by atoms with E-state index in [2.05, 4.69) is 11.3 Å². The average Bonchev–Trinajstić information content (AvgIpc) is 2.52. The van der Waals surface area contributed by atoms with Gasteiger partial charge in [-0.1, -0.05) is 6.58 Å². The fourth-order valence-electron chi connectivity index (χ4n) is 1.57. The topological polar surface area (TPSA) is 72.9 Å². The van der Waals surface area contributed by atoms with Gasteiger partial charge >= 0.3 is 12.1 Å². The summed E-state index contributed by atoms with van der Waals surface area (Å²) in [6.07, 6.45) is -0.786. The van der Waals surface area contributed by atoms with E-state index in [-0.39, 0.29) is 12.0 Å². The first-order chi connectivity index (χ1) is 8.17. The summed E-state index contributed by atoms with van der Waals surface area (Å²) in [7, 11) is 1.20. The number of carbonyl (C=O) groups excluding carboxylic acids is 3. The number of esters is 1. The molecule has 1 heterocycles. The molecule has 0 aliphatic carbocycles. The molecule has 1 aliphatic heterocycles. The van der Waals surface area contributed by atoms with Crippen LogP contribution in [-0.2, 0) is 19.1 Å². The summed E-state index contributed by atoms with van der Waals surface area (Å²) in [4.78, 5) is 35.9. The number of ether oxygens (including phenoxy) is 2. The van der Waals surface area contributed by atoms with Crippen LogP contribution >= 0.6 is 0 Å². The van der Waals surface area contributed by atoms with Gasteiger partial charge in [-0.3, -0.25) is 4.79 Å². The Hall–Kier alpha value is -1.85. The zero-order valence-corrected chi connectivity index (χ0v) is 11.0. The molecule has 1 aliphatic rings. The zero-order valence-electron chi connectivity index (χ0n) is 11.0. The molecule has 0 bridgehead atoms. The van der Waals surface area contributed by atoms with Crippen molar-refractivity contribution < 1.29 is 23.9 Å². The average molecular weight is 255 g/mol. The lowest BCUT2D eigenvalue weighted by atomic mass is 10.2. The lowest BCUT2D eigenvalue weighted by Gasteiger charge is -2.25. The highest BCUT2D eigenvalue weighted by Crippen LogP contribution is 2.25. The van der Waals surface area contributed by atoms with Crippen molar-refractivity contribution in [2.24, 2.45) is 0 Å². The summed E-state index contributed by atoms with van der Waals surface area (Å²) in [6, 6.07) is -0.982. The van der Waals surface area contributed by atoms with Crippen LogP contribution in [0.25, 0.3) is 0 Å². The zero-order chi connectivity index (χ0) is 14.1. The van der Waals surface area contributed by atoms with E-state index in [0.717, 1.165) is 4.90 Å². The highest BCUT2D eigenvalue weighted by molar-refractivity contribution is 6.08. The number of amides is 2. The highest BCUT2D eigenvalue weighted by atomic mass is 16.6. The number of imide groups is 1. The van der Waals surface area contributed by atoms with Gasteiger partial charge in [0.2, 0.25) is 0 Å². The summed E-state index contributed by atoms with van der Waals surface area (Å²) >= 11 is 0. The van der Waals surface area contributed by atoms with Crippen LogP contribution in [0.1, 0.15) is 27.2 Å². The first-order valence-electron chi connectivity index (χ1n) is 5.49. The molecular formula is C12H17NO5.